The molecule has 6 nitrogen and oxygen atoms in total. The zero-order valence-electron chi connectivity index (χ0n) is 14.3. The van der Waals surface area contributed by atoms with Crippen LogP contribution in [0.25, 0.3) is 0 Å². The van der Waals surface area contributed by atoms with Crippen molar-refractivity contribution in [3.63, 3.8) is 0 Å². The summed E-state index contributed by atoms with van der Waals surface area (Å²) in [4.78, 5) is 21.5. The number of carbonyl (C=O) groups excluding carboxylic acids is 1. The van der Waals surface area contributed by atoms with E-state index in [0.717, 1.165) is 12.8 Å². The van der Waals surface area contributed by atoms with Gasteiger partial charge in [0.2, 0.25) is 0 Å². The Bertz CT molecular complexity index is 769. The average Bonchev–Trinajstić information content (AvgIpc) is 3.14. The van der Waals surface area contributed by atoms with Gasteiger partial charge in [-0.05, 0) is 49.9 Å². The van der Waals surface area contributed by atoms with Gasteiger partial charge >= 0.3 is 0 Å². The van der Waals surface area contributed by atoms with Gasteiger partial charge in [0, 0.05) is 34.9 Å². The fraction of sp³-hybridized carbons (Fsp3) is 0.368. The molecule has 3 rings (SSSR count). The highest BCUT2D eigenvalue weighted by molar-refractivity contribution is 6.04. The Morgan fingerprint density at radius 2 is 1.96 bits per heavy atom. The van der Waals surface area contributed by atoms with Crippen molar-refractivity contribution in [2.75, 3.05) is 5.73 Å². The van der Waals surface area contributed by atoms with Gasteiger partial charge in [-0.15, -0.1) is 0 Å². The molecule has 130 valence electrons. The quantitative estimate of drug-likeness (QED) is 0.576. The molecule has 0 spiro atoms. The zero-order valence-corrected chi connectivity index (χ0v) is 14.3. The number of anilines is 1. The van der Waals surface area contributed by atoms with Gasteiger partial charge in [0.15, 0.2) is 5.82 Å². The van der Waals surface area contributed by atoms with Crippen LogP contribution in [0.2, 0.25) is 0 Å². The molecule has 25 heavy (non-hydrogen) atoms. The largest absolute Gasteiger partial charge is 0.398 e. The van der Waals surface area contributed by atoms with Crippen molar-refractivity contribution in [3.8, 4) is 0 Å². The number of hydrogen-bond donors (Lipinski definition) is 3. The smallest absolute Gasteiger partial charge is 0.251 e. The maximum Gasteiger partial charge on any atom is 0.251 e. The molecule has 1 fully saturated rings. The van der Waals surface area contributed by atoms with E-state index in [1.54, 1.807) is 43.6 Å². The number of aromatic nitrogens is 2. The van der Waals surface area contributed by atoms with E-state index >= 15 is 0 Å². The molecule has 4 N–H and O–H groups in total. The van der Waals surface area contributed by atoms with Crippen LogP contribution in [0.4, 0.5) is 5.69 Å². The van der Waals surface area contributed by atoms with Crippen LogP contribution in [0.15, 0.2) is 36.7 Å². The van der Waals surface area contributed by atoms with E-state index in [1.165, 1.54) is 12.8 Å². The first-order valence-corrected chi connectivity index (χ1v) is 8.59. The summed E-state index contributed by atoms with van der Waals surface area (Å²) < 4.78 is 0. The van der Waals surface area contributed by atoms with Crippen LogP contribution >= 0.6 is 0 Å². The number of benzene rings is 1. The fourth-order valence-electron chi connectivity index (χ4n) is 3.40. The third-order valence-corrected chi connectivity index (χ3v) is 4.74. The third kappa shape index (κ3) is 3.84. The first-order chi connectivity index (χ1) is 12.1. The lowest BCUT2D eigenvalue weighted by Gasteiger charge is -2.23. The van der Waals surface area contributed by atoms with E-state index in [9.17, 15) is 4.79 Å². The van der Waals surface area contributed by atoms with E-state index in [4.69, 9.17) is 11.1 Å². The monoisotopic (exact) mass is 337 g/mol. The molecule has 0 radical (unpaired) electrons. The molecule has 6 heteroatoms. The maximum absolute atomic E-state index is 12.8. The Morgan fingerprint density at radius 3 is 2.60 bits per heavy atom. The summed E-state index contributed by atoms with van der Waals surface area (Å²) in [5.41, 5.74) is 7.81. The van der Waals surface area contributed by atoms with Crippen molar-refractivity contribution < 1.29 is 4.79 Å². The van der Waals surface area contributed by atoms with Gasteiger partial charge in [-0.3, -0.25) is 4.79 Å². The maximum atomic E-state index is 12.8. The van der Waals surface area contributed by atoms with Crippen LogP contribution < -0.4 is 11.1 Å². The van der Waals surface area contributed by atoms with E-state index < -0.39 is 0 Å². The molecule has 0 bridgehead atoms. The van der Waals surface area contributed by atoms with Crippen LogP contribution in [-0.2, 0) is 0 Å². The highest BCUT2D eigenvalue weighted by Gasteiger charge is 2.30. The van der Waals surface area contributed by atoms with Crippen LogP contribution in [0, 0.1) is 11.3 Å². The Hall–Kier alpha value is -2.76. The lowest BCUT2D eigenvalue weighted by Crippen LogP contribution is -2.34. The van der Waals surface area contributed by atoms with Crippen molar-refractivity contribution in [1.29, 1.82) is 5.41 Å². The molecule has 1 heterocycles. The minimum atomic E-state index is -0.196. The topological polar surface area (TPSA) is 105 Å². The Morgan fingerprint density at radius 1 is 1.28 bits per heavy atom. The Kier molecular flexibility index (Phi) is 5.07. The minimum absolute atomic E-state index is 0.188. The minimum Gasteiger partial charge on any atom is -0.398 e. The van der Waals surface area contributed by atoms with Gasteiger partial charge in [0.25, 0.3) is 5.91 Å². The summed E-state index contributed by atoms with van der Waals surface area (Å²) in [6.45, 7) is 1.66. The first-order valence-electron chi connectivity index (χ1n) is 8.59. The van der Waals surface area contributed by atoms with Crippen molar-refractivity contribution >= 4 is 17.3 Å². The molecule has 1 saturated carbocycles. The first kappa shape index (κ1) is 17.1. The molecule has 1 aromatic heterocycles. The molecular weight excluding hydrogens is 314 g/mol. The van der Waals surface area contributed by atoms with Crippen molar-refractivity contribution in [1.82, 2.24) is 15.3 Å². The standard InChI is InChI=1S/C19H23N5O/c1-12(20)15-11-14(7-8-16(15)21)19(25)24-17(13-5-2-3-6-13)18-22-9-4-10-23-18/h4,7-11,13,17,20H,2-3,5-6,21H2,1H3,(H,24,25)/t17-/m1/s1. The second-order valence-electron chi connectivity index (χ2n) is 6.53. The lowest BCUT2D eigenvalue weighted by atomic mass is 9.96. The molecule has 1 amide bonds. The fourth-order valence-corrected chi connectivity index (χ4v) is 3.40. The summed E-state index contributed by atoms with van der Waals surface area (Å²) in [5.74, 6) is 0.817. The number of hydrogen-bond acceptors (Lipinski definition) is 5. The molecule has 1 aliphatic rings. The van der Waals surface area contributed by atoms with Crippen LogP contribution in [0.5, 0.6) is 0 Å². The van der Waals surface area contributed by atoms with Gasteiger partial charge in [-0.1, -0.05) is 12.8 Å². The predicted molar refractivity (Wildman–Crippen MR) is 97.6 cm³/mol. The molecule has 1 atom stereocenters. The number of amides is 1. The van der Waals surface area contributed by atoms with E-state index in [-0.39, 0.29) is 11.9 Å². The Labute approximate surface area is 147 Å². The average molecular weight is 337 g/mol. The molecule has 1 aliphatic carbocycles. The van der Waals surface area contributed by atoms with Crippen LogP contribution in [-0.4, -0.2) is 21.6 Å². The van der Waals surface area contributed by atoms with Crippen LogP contribution in [0.1, 0.15) is 60.4 Å². The summed E-state index contributed by atoms with van der Waals surface area (Å²) in [5, 5.41) is 10.9. The predicted octanol–water partition coefficient (Wildman–Crippen LogP) is 3.11. The summed E-state index contributed by atoms with van der Waals surface area (Å²) in [6, 6.07) is 6.61. The Balaban J connectivity index is 1.85. The SMILES string of the molecule is CC(=N)c1cc(C(=O)N[C@@H](c2ncccn2)C2CCCC2)ccc1N. The van der Waals surface area contributed by atoms with Crippen molar-refractivity contribution in [2.24, 2.45) is 5.92 Å². The second-order valence-corrected chi connectivity index (χ2v) is 6.53. The number of nitrogens with two attached hydrogens (primary N) is 1. The van der Waals surface area contributed by atoms with Crippen molar-refractivity contribution in [2.45, 2.75) is 38.6 Å². The zero-order chi connectivity index (χ0) is 17.8. The third-order valence-electron chi connectivity index (χ3n) is 4.74. The van der Waals surface area contributed by atoms with E-state index in [2.05, 4.69) is 15.3 Å². The van der Waals surface area contributed by atoms with Gasteiger partial charge in [0.1, 0.15) is 0 Å². The number of carbonyl (C=O) groups is 1. The molecule has 0 saturated heterocycles. The number of nitrogens with zero attached hydrogens (tertiary/aromatic N) is 2. The highest BCUT2D eigenvalue weighted by atomic mass is 16.1. The molecule has 2 aromatic rings. The normalized spacial score (nSPS) is 15.7. The number of rotatable bonds is 5. The summed E-state index contributed by atoms with van der Waals surface area (Å²) in [7, 11) is 0. The van der Waals surface area contributed by atoms with Gasteiger partial charge < -0.3 is 16.5 Å². The van der Waals surface area contributed by atoms with E-state index in [1.807, 2.05) is 0 Å². The van der Waals surface area contributed by atoms with Crippen molar-refractivity contribution in [3.05, 3.63) is 53.6 Å². The number of nitrogens with one attached hydrogen (secondary N) is 2. The second kappa shape index (κ2) is 7.42. The number of nitrogen functional groups attached to an aromatic ring is 1. The van der Waals surface area contributed by atoms with E-state index in [0.29, 0.717) is 34.3 Å². The molecular formula is C19H23N5O. The molecule has 0 aliphatic heterocycles. The summed E-state index contributed by atoms with van der Waals surface area (Å²) >= 11 is 0. The highest BCUT2D eigenvalue weighted by Crippen LogP contribution is 2.34. The van der Waals surface area contributed by atoms with Gasteiger partial charge in [-0.25, -0.2) is 9.97 Å². The van der Waals surface area contributed by atoms with Gasteiger partial charge in [0.05, 0.1) is 6.04 Å². The molecule has 0 unspecified atom stereocenters. The lowest BCUT2D eigenvalue weighted by molar-refractivity contribution is 0.0919. The van der Waals surface area contributed by atoms with Crippen LogP contribution in [0.3, 0.4) is 0 Å². The summed E-state index contributed by atoms with van der Waals surface area (Å²) in [6.07, 6.45) is 7.88. The molecule has 1 aromatic carbocycles. The van der Waals surface area contributed by atoms with Gasteiger partial charge in [-0.2, -0.15) is 0 Å².